The van der Waals surface area contributed by atoms with Crippen molar-refractivity contribution in [2.45, 2.75) is 50.9 Å². The number of aliphatic hydroxyl groups excluding tert-OH is 2. The first kappa shape index (κ1) is 23.4. The minimum atomic E-state index is -1.15. The van der Waals surface area contributed by atoms with Gasteiger partial charge in [-0.25, -0.2) is 9.97 Å². The van der Waals surface area contributed by atoms with Crippen molar-refractivity contribution in [3.8, 4) is 11.9 Å². The predicted molar refractivity (Wildman–Crippen MR) is 124 cm³/mol. The van der Waals surface area contributed by atoms with Gasteiger partial charge in [0.15, 0.2) is 17.4 Å². The maximum Gasteiger partial charge on any atom is 0.245 e. The molecule has 1 aromatic carbocycles. The fourth-order valence-corrected chi connectivity index (χ4v) is 4.41. The predicted octanol–water partition coefficient (Wildman–Crippen LogP) is 1.75. The second-order valence-corrected chi connectivity index (χ2v) is 8.90. The van der Waals surface area contributed by atoms with E-state index >= 15 is 0 Å². The number of imidazole rings is 1. The van der Waals surface area contributed by atoms with E-state index in [0.717, 1.165) is 31.6 Å². The fraction of sp³-hybridized carbons (Fsp3) is 0.500. The number of nitriles is 1. The summed E-state index contributed by atoms with van der Waals surface area (Å²) in [6.07, 6.45) is -0.334. The summed E-state index contributed by atoms with van der Waals surface area (Å²) in [5, 5.41) is 33.4. The highest BCUT2D eigenvalue weighted by molar-refractivity contribution is 5.79. The van der Waals surface area contributed by atoms with Crippen LogP contribution >= 0.6 is 0 Å². The average molecular weight is 481 g/mol. The van der Waals surface area contributed by atoms with Crippen LogP contribution in [-0.2, 0) is 16.1 Å². The van der Waals surface area contributed by atoms with Crippen LogP contribution in [0.25, 0.3) is 11.2 Å². The molecule has 0 radical (unpaired) electrons. The summed E-state index contributed by atoms with van der Waals surface area (Å²) < 4.78 is 19.0. The highest BCUT2D eigenvalue weighted by atomic mass is 16.6. The Bertz CT molecular complexity index is 1200. The van der Waals surface area contributed by atoms with Crippen LogP contribution in [0.2, 0.25) is 0 Å². The Morgan fingerprint density at radius 3 is 2.63 bits per heavy atom. The van der Waals surface area contributed by atoms with Crippen LogP contribution in [0.3, 0.4) is 0 Å². The number of aromatic nitrogens is 4. The van der Waals surface area contributed by atoms with Gasteiger partial charge in [0.2, 0.25) is 11.8 Å². The summed E-state index contributed by atoms with van der Waals surface area (Å²) in [4.78, 5) is 13.4. The van der Waals surface area contributed by atoms with Crippen LogP contribution in [0.4, 0.5) is 5.95 Å². The third-order valence-corrected chi connectivity index (χ3v) is 6.52. The second kappa shape index (κ2) is 10.1. The van der Waals surface area contributed by atoms with Crippen molar-refractivity contribution < 1.29 is 24.4 Å². The lowest BCUT2D eigenvalue weighted by Gasteiger charge is -2.24. The van der Waals surface area contributed by atoms with Gasteiger partial charge in [0.1, 0.15) is 25.1 Å². The first-order valence-electron chi connectivity index (χ1n) is 11.7. The van der Waals surface area contributed by atoms with E-state index in [-0.39, 0.29) is 12.5 Å². The molecule has 5 rings (SSSR count). The van der Waals surface area contributed by atoms with Gasteiger partial charge >= 0.3 is 0 Å². The number of ether oxygens (including phenoxy) is 3. The molecule has 2 aliphatic heterocycles. The van der Waals surface area contributed by atoms with Crippen molar-refractivity contribution >= 4 is 17.1 Å². The summed E-state index contributed by atoms with van der Waals surface area (Å²) in [5.74, 6) is 1.17. The van der Waals surface area contributed by atoms with Crippen LogP contribution in [0.5, 0.6) is 5.88 Å². The lowest BCUT2D eigenvalue weighted by Crippen LogP contribution is -2.31. The Kier molecular flexibility index (Phi) is 6.79. The second-order valence-electron chi connectivity index (χ2n) is 8.90. The molecule has 0 spiro atoms. The molecule has 2 aliphatic rings. The molecule has 2 saturated heterocycles. The number of hydrogen-bond acceptors (Lipinski definition) is 10. The molecular weight excluding hydrogens is 452 g/mol. The van der Waals surface area contributed by atoms with Crippen LogP contribution in [0.1, 0.15) is 37.1 Å². The molecule has 184 valence electrons. The van der Waals surface area contributed by atoms with E-state index in [0.29, 0.717) is 35.1 Å². The fourth-order valence-electron chi connectivity index (χ4n) is 4.41. The molecule has 3 N–H and O–H groups in total. The molecule has 4 heterocycles. The SMILES string of the molecule is C[C@H]1O[C@@H](n2c(NCC3CCOCC3)nc3c(OCc4ccc(C#N)cc4)ncnc32)[C@H](O)[C@@H]1O. The molecular formula is C24H28N6O5. The van der Waals surface area contributed by atoms with E-state index in [2.05, 4.69) is 21.4 Å². The van der Waals surface area contributed by atoms with Gasteiger partial charge in [-0.2, -0.15) is 10.2 Å². The number of rotatable bonds is 7. The quantitative estimate of drug-likeness (QED) is 0.457. The van der Waals surface area contributed by atoms with Gasteiger partial charge in [-0.05, 0) is 43.4 Å². The Labute approximate surface area is 202 Å². The lowest BCUT2D eigenvalue weighted by atomic mass is 10.0. The van der Waals surface area contributed by atoms with Crippen molar-refractivity contribution in [1.82, 2.24) is 19.5 Å². The molecule has 0 saturated carbocycles. The highest BCUT2D eigenvalue weighted by Gasteiger charge is 2.43. The zero-order chi connectivity index (χ0) is 24.4. The number of aliphatic hydroxyl groups is 2. The Morgan fingerprint density at radius 1 is 1.17 bits per heavy atom. The third kappa shape index (κ3) is 4.78. The first-order chi connectivity index (χ1) is 17.0. The standard InChI is InChI=1S/C24H28N6O5/c1-14-19(31)20(32)23(35-14)30-21-18(29-24(30)26-11-16-6-8-33-9-7-16)22(28-13-27-21)34-12-17-4-2-15(10-25)3-5-17/h2-5,13-14,16,19-20,23,31-32H,6-9,11-12H2,1H3,(H,26,29)/t14-,19-,20-,23-/m1/s1. The van der Waals surface area contributed by atoms with Crippen molar-refractivity contribution in [3.63, 3.8) is 0 Å². The van der Waals surface area contributed by atoms with Gasteiger partial charge in [-0.3, -0.25) is 4.57 Å². The van der Waals surface area contributed by atoms with Gasteiger partial charge in [0, 0.05) is 19.8 Å². The average Bonchev–Trinajstić information content (AvgIpc) is 3.39. The molecule has 4 atom stereocenters. The van der Waals surface area contributed by atoms with E-state index in [1.807, 2.05) is 12.1 Å². The van der Waals surface area contributed by atoms with Crippen LogP contribution in [0.15, 0.2) is 30.6 Å². The van der Waals surface area contributed by atoms with Crippen LogP contribution in [0, 0.1) is 17.2 Å². The molecule has 2 aromatic heterocycles. The maximum atomic E-state index is 10.7. The lowest BCUT2D eigenvalue weighted by molar-refractivity contribution is -0.0287. The van der Waals surface area contributed by atoms with Gasteiger partial charge in [0.25, 0.3) is 0 Å². The van der Waals surface area contributed by atoms with Gasteiger partial charge < -0.3 is 29.7 Å². The zero-order valence-corrected chi connectivity index (χ0v) is 19.4. The summed E-state index contributed by atoms with van der Waals surface area (Å²) in [6.45, 7) is 4.07. The molecule has 0 aliphatic carbocycles. The largest absolute Gasteiger partial charge is 0.471 e. The minimum Gasteiger partial charge on any atom is -0.471 e. The molecule has 11 heteroatoms. The van der Waals surface area contributed by atoms with Crippen LogP contribution < -0.4 is 10.1 Å². The zero-order valence-electron chi connectivity index (χ0n) is 19.4. The normalized spacial score (nSPS) is 25.0. The monoisotopic (exact) mass is 480 g/mol. The van der Waals surface area contributed by atoms with Gasteiger partial charge in [-0.1, -0.05) is 12.1 Å². The molecule has 0 unspecified atom stereocenters. The van der Waals surface area contributed by atoms with Gasteiger partial charge in [-0.15, -0.1) is 0 Å². The smallest absolute Gasteiger partial charge is 0.245 e. The first-order valence-corrected chi connectivity index (χ1v) is 11.7. The summed E-state index contributed by atoms with van der Waals surface area (Å²) >= 11 is 0. The molecule has 2 fully saturated rings. The molecule has 0 amide bonds. The number of benzene rings is 1. The third-order valence-electron chi connectivity index (χ3n) is 6.52. The van der Waals surface area contributed by atoms with Crippen molar-refractivity contribution in [2.75, 3.05) is 25.1 Å². The van der Waals surface area contributed by atoms with E-state index < -0.39 is 24.5 Å². The number of nitrogens with zero attached hydrogens (tertiary/aromatic N) is 5. The number of anilines is 1. The summed E-state index contributed by atoms with van der Waals surface area (Å²) in [6, 6.07) is 9.20. The molecule has 35 heavy (non-hydrogen) atoms. The Morgan fingerprint density at radius 2 is 1.94 bits per heavy atom. The van der Waals surface area contributed by atoms with Crippen molar-refractivity contribution in [2.24, 2.45) is 5.92 Å². The molecule has 3 aromatic rings. The van der Waals surface area contributed by atoms with Crippen LogP contribution in [-0.4, -0.2) is 67.8 Å². The van der Waals surface area contributed by atoms with E-state index in [9.17, 15) is 10.2 Å². The highest BCUT2D eigenvalue weighted by Crippen LogP contribution is 2.36. The summed E-state index contributed by atoms with van der Waals surface area (Å²) in [7, 11) is 0. The number of fused-ring (bicyclic) bond motifs is 1. The topological polar surface area (TPSA) is 148 Å². The number of nitrogens with one attached hydrogen (secondary N) is 1. The maximum absolute atomic E-state index is 10.7. The van der Waals surface area contributed by atoms with Crippen molar-refractivity contribution in [3.05, 3.63) is 41.7 Å². The van der Waals surface area contributed by atoms with E-state index in [1.165, 1.54) is 6.33 Å². The molecule has 0 bridgehead atoms. The van der Waals surface area contributed by atoms with Gasteiger partial charge in [0.05, 0.1) is 17.7 Å². The molecule has 11 nitrogen and oxygen atoms in total. The minimum absolute atomic E-state index is 0.230. The van der Waals surface area contributed by atoms with E-state index in [4.69, 9.17) is 24.5 Å². The number of hydrogen-bond donors (Lipinski definition) is 3. The van der Waals surface area contributed by atoms with E-state index in [1.54, 1.807) is 23.6 Å². The van der Waals surface area contributed by atoms with Crippen molar-refractivity contribution in [1.29, 1.82) is 5.26 Å². The Hall–Kier alpha value is -3.30. The Balaban J connectivity index is 1.45. The summed E-state index contributed by atoms with van der Waals surface area (Å²) in [5.41, 5.74) is 2.29.